The van der Waals surface area contributed by atoms with Crippen LogP contribution in [0, 0.1) is 5.82 Å². The first-order chi connectivity index (χ1) is 15.4. The smallest absolute Gasteiger partial charge is 0.242 e. The summed E-state index contributed by atoms with van der Waals surface area (Å²) in [6.45, 7) is 2.05. The molecule has 0 heterocycles. The van der Waals surface area contributed by atoms with E-state index in [1.807, 2.05) is 24.3 Å². The Kier molecular flexibility index (Phi) is 9.60. The molecule has 0 unspecified atom stereocenters. The molecule has 2 aromatic carbocycles. The summed E-state index contributed by atoms with van der Waals surface area (Å²) >= 11 is 4.96. The zero-order chi connectivity index (χ0) is 22.9. The first-order valence-electron chi connectivity index (χ1n) is 11.1. The summed E-state index contributed by atoms with van der Waals surface area (Å²) in [5.74, 6) is 0.456. The lowest BCUT2D eigenvalue weighted by molar-refractivity contribution is -0.139. The second-order valence-electron chi connectivity index (χ2n) is 8.29. The van der Waals surface area contributed by atoms with Gasteiger partial charge in [0.05, 0.1) is 5.75 Å². The zero-order valence-electron chi connectivity index (χ0n) is 18.4. The number of hydrogen-bond acceptors (Lipinski definition) is 3. The Morgan fingerprint density at radius 2 is 1.69 bits per heavy atom. The Balaban J connectivity index is 1.64. The maximum absolute atomic E-state index is 13.3. The predicted octanol–water partition coefficient (Wildman–Crippen LogP) is 5.69. The average Bonchev–Trinajstić information content (AvgIpc) is 2.80. The van der Waals surface area contributed by atoms with Gasteiger partial charge in [-0.1, -0.05) is 59.5 Å². The molecule has 1 atom stereocenters. The first-order valence-corrected chi connectivity index (χ1v) is 13.0. The van der Waals surface area contributed by atoms with Gasteiger partial charge in [-0.3, -0.25) is 9.59 Å². The molecule has 1 aliphatic carbocycles. The maximum Gasteiger partial charge on any atom is 0.242 e. The lowest BCUT2D eigenvalue weighted by atomic mass is 9.95. The molecule has 4 nitrogen and oxygen atoms in total. The van der Waals surface area contributed by atoms with Crippen LogP contribution in [0.25, 0.3) is 0 Å². The third-order valence-corrected chi connectivity index (χ3v) is 7.31. The van der Waals surface area contributed by atoms with Crippen molar-refractivity contribution < 1.29 is 14.0 Å². The van der Waals surface area contributed by atoms with Gasteiger partial charge < -0.3 is 10.2 Å². The summed E-state index contributed by atoms with van der Waals surface area (Å²) in [7, 11) is 0. The number of carbonyl (C=O) groups is 2. The molecular weight excluding hydrogens is 491 g/mol. The Labute approximate surface area is 202 Å². The van der Waals surface area contributed by atoms with Gasteiger partial charge in [0, 0.05) is 22.8 Å². The molecule has 172 valence electrons. The SMILES string of the molecule is C[C@@H](C(=O)NC1CCCCC1)N(Cc1ccc(F)cc1)C(=O)CSCc1ccc(Br)cc1. The topological polar surface area (TPSA) is 49.4 Å². The fourth-order valence-corrected chi connectivity index (χ4v) is 4.99. The molecule has 2 amide bonds. The monoisotopic (exact) mass is 520 g/mol. The summed E-state index contributed by atoms with van der Waals surface area (Å²) in [6.07, 6.45) is 5.46. The molecule has 0 aliphatic heterocycles. The third-order valence-electron chi connectivity index (χ3n) is 5.79. The van der Waals surface area contributed by atoms with E-state index in [1.54, 1.807) is 24.0 Å². The molecule has 0 bridgehead atoms. The number of benzene rings is 2. The Morgan fingerprint density at radius 1 is 1.06 bits per heavy atom. The molecule has 0 saturated heterocycles. The van der Waals surface area contributed by atoms with Crippen LogP contribution in [0.15, 0.2) is 53.0 Å². The minimum absolute atomic E-state index is 0.0947. The van der Waals surface area contributed by atoms with Crippen molar-refractivity contribution in [3.63, 3.8) is 0 Å². The number of thioether (sulfide) groups is 1. The second-order valence-corrected chi connectivity index (χ2v) is 10.2. The summed E-state index contributed by atoms with van der Waals surface area (Å²) in [6, 6.07) is 13.7. The van der Waals surface area contributed by atoms with E-state index in [0.717, 1.165) is 41.3 Å². The van der Waals surface area contributed by atoms with Gasteiger partial charge in [0.1, 0.15) is 11.9 Å². The van der Waals surface area contributed by atoms with Crippen LogP contribution < -0.4 is 5.32 Å². The molecule has 7 heteroatoms. The van der Waals surface area contributed by atoms with E-state index in [2.05, 4.69) is 21.2 Å². The van der Waals surface area contributed by atoms with Crippen LogP contribution in [0.1, 0.15) is 50.2 Å². The van der Waals surface area contributed by atoms with E-state index >= 15 is 0 Å². The number of nitrogens with zero attached hydrogens (tertiary/aromatic N) is 1. The molecule has 2 aromatic rings. The van der Waals surface area contributed by atoms with Crippen molar-refractivity contribution >= 4 is 39.5 Å². The second kappa shape index (κ2) is 12.4. The van der Waals surface area contributed by atoms with Crippen molar-refractivity contribution in [3.05, 3.63) is 69.9 Å². The highest BCUT2D eigenvalue weighted by molar-refractivity contribution is 9.10. The van der Waals surface area contributed by atoms with E-state index in [4.69, 9.17) is 0 Å². The summed E-state index contributed by atoms with van der Waals surface area (Å²) < 4.78 is 14.4. The molecule has 3 rings (SSSR count). The largest absolute Gasteiger partial charge is 0.352 e. The van der Waals surface area contributed by atoms with Crippen molar-refractivity contribution in [2.45, 2.75) is 63.4 Å². The van der Waals surface area contributed by atoms with Crippen LogP contribution in [0.3, 0.4) is 0 Å². The number of hydrogen-bond donors (Lipinski definition) is 1. The van der Waals surface area contributed by atoms with Gasteiger partial charge in [0.2, 0.25) is 11.8 Å². The normalized spacial score (nSPS) is 15.2. The number of rotatable bonds is 9. The van der Waals surface area contributed by atoms with Gasteiger partial charge in [0.15, 0.2) is 0 Å². The molecule has 1 N–H and O–H groups in total. The van der Waals surface area contributed by atoms with E-state index in [1.165, 1.54) is 30.3 Å². The van der Waals surface area contributed by atoms with Crippen molar-refractivity contribution in [2.24, 2.45) is 0 Å². The van der Waals surface area contributed by atoms with Gasteiger partial charge in [-0.15, -0.1) is 11.8 Å². The van der Waals surface area contributed by atoms with E-state index in [-0.39, 0.29) is 36.0 Å². The van der Waals surface area contributed by atoms with Crippen molar-refractivity contribution in [2.75, 3.05) is 5.75 Å². The van der Waals surface area contributed by atoms with E-state index in [0.29, 0.717) is 5.75 Å². The van der Waals surface area contributed by atoms with Crippen LogP contribution in [0.5, 0.6) is 0 Å². The molecule has 1 saturated carbocycles. The number of halogens is 2. The zero-order valence-corrected chi connectivity index (χ0v) is 20.8. The Bertz CT molecular complexity index is 886. The minimum Gasteiger partial charge on any atom is -0.352 e. The van der Waals surface area contributed by atoms with E-state index < -0.39 is 6.04 Å². The fourth-order valence-electron chi connectivity index (χ4n) is 3.86. The minimum atomic E-state index is -0.595. The van der Waals surface area contributed by atoms with Gasteiger partial charge in [-0.25, -0.2) is 4.39 Å². The van der Waals surface area contributed by atoms with Crippen LogP contribution in [-0.2, 0) is 21.9 Å². The highest BCUT2D eigenvalue weighted by Gasteiger charge is 2.28. The summed E-state index contributed by atoms with van der Waals surface area (Å²) in [4.78, 5) is 27.7. The predicted molar refractivity (Wildman–Crippen MR) is 132 cm³/mol. The first kappa shape index (κ1) is 24.8. The standard InChI is InChI=1S/C25H30BrFN2O2S/c1-18(25(31)28-23-5-3-2-4-6-23)29(15-19-9-13-22(27)14-10-19)24(30)17-32-16-20-7-11-21(26)12-8-20/h7-14,18,23H,2-6,15-17H2,1H3,(H,28,31)/t18-/m0/s1. The number of carbonyl (C=O) groups excluding carboxylic acids is 2. The molecule has 0 radical (unpaired) electrons. The lowest BCUT2D eigenvalue weighted by Crippen LogP contribution is -2.50. The van der Waals surface area contributed by atoms with Gasteiger partial charge in [-0.05, 0) is 55.2 Å². The lowest BCUT2D eigenvalue weighted by Gasteiger charge is -2.31. The molecule has 0 spiro atoms. The van der Waals surface area contributed by atoms with Crippen molar-refractivity contribution in [1.29, 1.82) is 0 Å². The quantitative estimate of drug-likeness (QED) is 0.462. The molecule has 1 aliphatic rings. The highest BCUT2D eigenvalue weighted by Crippen LogP contribution is 2.20. The number of nitrogens with one attached hydrogen (secondary N) is 1. The molecular formula is C25H30BrFN2O2S. The van der Waals surface area contributed by atoms with Crippen LogP contribution in [0.4, 0.5) is 4.39 Å². The van der Waals surface area contributed by atoms with Crippen LogP contribution in [0.2, 0.25) is 0 Å². The van der Waals surface area contributed by atoms with Gasteiger partial charge in [0.25, 0.3) is 0 Å². The molecule has 32 heavy (non-hydrogen) atoms. The average molecular weight is 521 g/mol. The summed E-state index contributed by atoms with van der Waals surface area (Å²) in [5.41, 5.74) is 1.94. The molecule has 1 fully saturated rings. The summed E-state index contributed by atoms with van der Waals surface area (Å²) in [5, 5.41) is 3.13. The van der Waals surface area contributed by atoms with Gasteiger partial charge in [-0.2, -0.15) is 0 Å². The Morgan fingerprint density at radius 3 is 2.34 bits per heavy atom. The van der Waals surface area contributed by atoms with Crippen LogP contribution >= 0.6 is 27.7 Å². The van der Waals surface area contributed by atoms with E-state index in [9.17, 15) is 14.0 Å². The van der Waals surface area contributed by atoms with Crippen LogP contribution in [-0.4, -0.2) is 34.6 Å². The number of amides is 2. The van der Waals surface area contributed by atoms with Gasteiger partial charge >= 0.3 is 0 Å². The fraction of sp³-hybridized carbons (Fsp3) is 0.440. The van der Waals surface area contributed by atoms with Crippen molar-refractivity contribution in [3.8, 4) is 0 Å². The third kappa shape index (κ3) is 7.62. The Hall–Kier alpha value is -1.86. The highest BCUT2D eigenvalue weighted by atomic mass is 79.9. The van der Waals surface area contributed by atoms with Crippen molar-refractivity contribution in [1.82, 2.24) is 10.2 Å². The molecule has 0 aromatic heterocycles. The maximum atomic E-state index is 13.3.